The van der Waals surface area contributed by atoms with Gasteiger partial charge in [0.1, 0.15) is 0 Å². The standard InChI is InChI=1S/C12H12N4O2/c1-18-12-14-11(15-16-12)13-10(17)8-7-9-5-3-2-4-6-9/h2-8H,1H3,(H2,13,14,15,16,17)/b8-7+. The van der Waals surface area contributed by atoms with Crippen molar-refractivity contribution < 1.29 is 9.53 Å². The molecule has 0 aliphatic carbocycles. The molecule has 0 unspecified atom stereocenters. The lowest BCUT2D eigenvalue weighted by atomic mass is 10.2. The molecule has 2 aromatic rings. The number of amides is 1. The van der Waals surface area contributed by atoms with Crippen molar-refractivity contribution in [3.8, 4) is 6.01 Å². The number of rotatable bonds is 4. The number of aromatic amines is 1. The van der Waals surface area contributed by atoms with E-state index in [-0.39, 0.29) is 17.9 Å². The highest BCUT2D eigenvalue weighted by atomic mass is 16.5. The summed E-state index contributed by atoms with van der Waals surface area (Å²) in [5.74, 6) is -0.0489. The number of aromatic nitrogens is 3. The van der Waals surface area contributed by atoms with Gasteiger partial charge in [0.15, 0.2) is 0 Å². The quantitative estimate of drug-likeness (QED) is 0.798. The van der Waals surface area contributed by atoms with Gasteiger partial charge in [0.2, 0.25) is 5.95 Å². The van der Waals surface area contributed by atoms with Gasteiger partial charge in [-0.15, -0.1) is 5.10 Å². The Morgan fingerprint density at radius 1 is 1.39 bits per heavy atom. The maximum Gasteiger partial charge on any atom is 0.336 e. The molecule has 0 spiro atoms. The largest absolute Gasteiger partial charge is 0.466 e. The van der Waals surface area contributed by atoms with Gasteiger partial charge in [-0.05, 0) is 11.6 Å². The van der Waals surface area contributed by atoms with Gasteiger partial charge < -0.3 is 4.74 Å². The molecule has 6 nitrogen and oxygen atoms in total. The summed E-state index contributed by atoms with van der Waals surface area (Å²) in [5.41, 5.74) is 0.947. The molecule has 0 saturated carbocycles. The van der Waals surface area contributed by atoms with Crippen molar-refractivity contribution in [3.63, 3.8) is 0 Å². The molecule has 2 N–H and O–H groups in total. The van der Waals surface area contributed by atoms with E-state index in [1.54, 1.807) is 6.08 Å². The Hall–Kier alpha value is -2.63. The van der Waals surface area contributed by atoms with E-state index in [9.17, 15) is 4.79 Å². The molecular formula is C12H12N4O2. The van der Waals surface area contributed by atoms with E-state index in [2.05, 4.69) is 20.5 Å². The molecule has 92 valence electrons. The van der Waals surface area contributed by atoms with E-state index >= 15 is 0 Å². The summed E-state index contributed by atoms with van der Waals surface area (Å²) in [5, 5.41) is 8.77. The minimum Gasteiger partial charge on any atom is -0.466 e. The van der Waals surface area contributed by atoms with Crippen LogP contribution in [0.1, 0.15) is 5.56 Å². The number of hydrogen-bond donors (Lipinski definition) is 2. The summed E-state index contributed by atoms with van der Waals surface area (Å²) in [7, 11) is 1.45. The highest BCUT2D eigenvalue weighted by Gasteiger charge is 2.04. The summed E-state index contributed by atoms with van der Waals surface area (Å²) < 4.78 is 4.78. The smallest absolute Gasteiger partial charge is 0.336 e. The fourth-order valence-electron chi connectivity index (χ4n) is 1.29. The Balaban J connectivity index is 1.94. The molecule has 0 radical (unpaired) electrons. The fraction of sp³-hybridized carbons (Fsp3) is 0.0833. The number of carbonyl (C=O) groups is 1. The predicted molar refractivity (Wildman–Crippen MR) is 67.0 cm³/mol. The lowest BCUT2D eigenvalue weighted by Gasteiger charge is -1.95. The zero-order chi connectivity index (χ0) is 12.8. The van der Waals surface area contributed by atoms with Crippen LogP contribution in [0.15, 0.2) is 36.4 Å². The van der Waals surface area contributed by atoms with Crippen LogP contribution in [-0.2, 0) is 4.79 Å². The van der Waals surface area contributed by atoms with Crippen molar-refractivity contribution in [3.05, 3.63) is 42.0 Å². The van der Waals surface area contributed by atoms with E-state index in [1.165, 1.54) is 13.2 Å². The molecule has 0 saturated heterocycles. The van der Waals surface area contributed by atoms with Crippen molar-refractivity contribution >= 4 is 17.9 Å². The number of hydrogen-bond acceptors (Lipinski definition) is 4. The normalized spacial score (nSPS) is 10.5. The third-order valence-electron chi connectivity index (χ3n) is 2.12. The third kappa shape index (κ3) is 3.18. The van der Waals surface area contributed by atoms with E-state index in [1.807, 2.05) is 30.3 Å². The van der Waals surface area contributed by atoms with Crippen LogP contribution in [0.3, 0.4) is 0 Å². The predicted octanol–water partition coefficient (Wildman–Crippen LogP) is 1.47. The maximum atomic E-state index is 11.6. The second-order valence-corrected chi connectivity index (χ2v) is 3.40. The SMILES string of the molecule is COc1n[nH]c(NC(=O)/C=C/c2ccccc2)n1. The van der Waals surface area contributed by atoms with Gasteiger partial charge in [-0.1, -0.05) is 30.3 Å². The van der Waals surface area contributed by atoms with Crippen LogP contribution in [0.4, 0.5) is 5.95 Å². The zero-order valence-corrected chi connectivity index (χ0v) is 9.75. The number of ether oxygens (including phenoxy) is 1. The molecular weight excluding hydrogens is 232 g/mol. The molecule has 0 atom stereocenters. The van der Waals surface area contributed by atoms with Crippen molar-refractivity contribution in [2.24, 2.45) is 0 Å². The minimum absolute atomic E-state index is 0.178. The van der Waals surface area contributed by atoms with Crippen LogP contribution in [0.25, 0.3) is 6.08 Å². The van der Waals surface area contributed by atoms with E-state index in [0.29, 0.717) is 0 Å². The highest BCUT2D eigenvalue weighted by molar-refractivity contribution is 6.00. The molecule has 1 aromatic heterocycles. The average Bonchev–Trinajstić information content (AvgIpc) is 2.85. The van der Waals surface area contributed by atoms with E-state index in [0.717, 1.165) is 5.56 Å². The molecule has 0 aliphatic rings. The Bertz CT molecular complexity index is 548. The number of H-pyrrole nitrogens is 1. The number of methoxy groups -OCH3 is 1. The lowest BCUT2D eigenvalue weighted by molar-refractivity contribution is -0.111. The second kappa shape index (κ2) is 5.62. The van der Waals surface area contributed by atoms with Gasteiger partial charge in [0, 0.05) is 6.08 Å². The maximum absolute atomic E-state index is 11.6. The summed E-state index contributed by atoms with van der Waals surface area (Å²) in [6.07, 6.45) is 3.13. The molecule has 6 heteroatoms. The van der Waals surface area contributed by atoms with Gasteiger partial charge in [-0.2, -0.15) is 4.98 Å². The Labute approximate surface area is 104 Å². The average molecular weight is 244 g/mol. The van der Waals surface area contributed by atoms with E-state index in [4.69, 9.17) is 4.74 Å². The first-order valence-corrected chi connectivity index (χ1v) is 5.28. The number of benzene rings is 1. The van der Waals surface area contributed by atoms with E-state index < -0.39 is 0 Å². The fourth-order valence-corrected chi connectivity index (χ4v) is 1.29. The Kier molecular flexibility index (Phi) is 3.70. The number of anilines is 1. The minimum atomic E-state index is -0.294. The summed E-state index contributed by atoms with van der Waals surface area (Å²) in [6, 6.07) is 9.70. The second-order valence-electron chi connectivity index (χ2n) is 3.40. The monoisotopic (exact) mass is 244 g/mol. The number of carbonyl (C=O) groups excluding carboxylic acids is 1. The topological polar surface area (TPSA) is 79.9 Å². The number of nitrogens with zero attached hydrogens (tertiary/aromatic N) is 2. The van der Waals surface area contributed by atoms with Crippen molar-refractivity contribution in [1.82, 2.24) is 15.2 Å². The molecule has 0 fully saturated rings. The van der Waals surface area contributed by atoms with Gasteiger partial charge in [0.25, 0.3) is 5.91 Å². The Morgan fingerprint density at radius 2 is 2.17 bits per heavy atom. The molecule has 2 rings (SSSR count). The molecule has 1 amide bonds. The molecule has 18 heavy (non-hydrogen) atoms. The van der Waals surface area contributed by atoms with Crippen LogP contribution in [0, 0.1) is 0 Å². The first-order chi connectivity index (χ1) is 8.78. The van der Waals surface area contributed by atoms with Crippen LogP contribution in [0.2, 0.25) is 0 Å². The van der Waals surface area contributed by atoms with Crippen LogP contribution >= 0.6 is 0 Å². The van der Waals surface area contributed by atoms with Crippen LogP contribution < -0.4 is 10.1 Å². The van der Waals surface area contributed by atoms with Gasteiger partial charge in [0.05, 0.1) is 7.11 Å². The van der Waals surface area contributed by atoms with Gasteiger partial charge in [-0.25, -0.2) is 5.10 Å². The zero-order valence-electron chi connectivity index (χ0n) is 9.75. The lowest BCUT2D eigenvalue weighted by Crippen LogP contribution is -2.09. The Morgan fingerprint density at radius 3 is 2.83 bits per heavy atom. The number of nitrogens with one attached hydrogen (secondary N) is 2. The van der Waals surface area contributed by atoms with Gasteiger partial charge >= 0.3 is 6.01 Å². The van der Waals surface area contributed by atoms with Crippen molar-refractivity contribution in [2.75, 3.05) is 12.4 Å². The first-order valence-electron chi connectivity index (χ1n) is 5.28. The third-order valence-corrected chi connectivity index (χ3v) is 2.12. The summed E-state index contributed by atoms with van der Waals surface area (Å²) in [4.78, 5) is 15.4. The summed E-state index contributed by atoms with van der Waals surface area (Å²) >= 11 is 0. The van der Waals surface area contributed by atoms with Crippen molar-refractivity contribution in [2.45, 2.75) is 0 Å². The van der Waals surface area contributed by atoms with Crippen LogP contribution in [0.5, 0.6) is 6.01 Å². The molecule has 1 heterocycles. The summed E-state index contributed by atoms with van der Waals surface area (Å²) in [6.45, 7) is 0. The molecule has 0 bridgehead atoms. The van der Waals surface area contributed by atoms with Crippen molar-refractivity contribution in [1.29, 1.82) is 0 Å². The highest BCUT2D eigenvalue weighted by Crippen LogP contribution is 2.05. The molecule has 1 aromatic carbocycles. The van der Waals surface area contributed by atoms with Gasteiger partial charge in [-0.3, -0.25) is 10.1 Å². The first kappa shape index (κ1) is 11.8. The van der Waals surface area contributed by atoms with Crippen LogP contribution in [-0.4, -0.2) is 28.2 Å². The molecule has 0 aliphatic heterocycles.